The summed E-state index contributed by atoms with van der Waals surface area (Å²) in [5, 5.41) is 0. The van der Waals surface area contributed by atoms with Crippen LogP contribution in [0.15, 0.2) is 24.3 Å². The zero-order valence-electron chi connectivity index (χ0n) is 12.7. The minimum atomic E-state index is -0.349. The first-order chi connectivity index (χ1) is 8.97. The van der Waals surface area contributed by atoms with Gasteiger partial charge in [0.05, 0.1) is 18.8 Å². The van der Waals surface area contributed by atoms with Crippen molar-refractivity contribution in [2.24, 2.45) is 0 Å². The van der Waals surface area contributed by atoms with E-state index < -0.39 is 0 Å². The Morgan fingerprint density at radius 1 is 1.16 bits per heavy atom. The summed E-state index contributed by atoms with van der Waals surface area (Å²) in [4.78, 5) is 0. The summed E-state index contributed by atoms with van der Waals surface area (Å²) < 4.78 is 16.1. The number of hydrogen-bond acceptors (Lipinski definition) is 3. The van der Waals surface area contributed by atoms with Gasteiger partial charge >= 0.3 is 0 Å². The average molecular weight is 266 g/mol. The number of ether oxygens (including phenoxy) is 3. The first-order valence-corrected chi connectivity index (χ1v) is 6.78. The smallest absolute Gasteiger partial charge is 0.148 e. The second-order valence-electron chi connectivity index (χ2n) is 5.45. The van der Waals surface area contributed by atoms with E-state index in [-0.39, 0.29) is 12.4 Å². The van der Waals surface area contributed by atoms with Crippen LogP contribution in [-0.2, 0) is 19.8 Å². The molecular weight excluding hydrogens is 240 g/mol. The molecule has 0 unspecified atom stereocenters. The van der Waals surface area contributed by atoms with Gasteiger partial charge in [-0.05, 0) is 30.9 Å². The molecule has 0 N–H and O–H groups in total. The molecule has 3 heteroatoms. The van der Waals surface area contributed by atoms with E-state index in [1.807, 2.05) is 0 Å². The van der Waals surface area contributed by atoms with Gasteiger partial charge in [0.1, 0.15) is 6.79 Å². The molecular formula is C16H26O3. The van der Waals surface area contributed by atoms with Crippen molar-refractivity contribution >= 4 is 0 Å². The monoisotopic (exact) mass is 266 g/mol. The van der Waals surface area contributed by atoms with Crippen LogP contribution in [0, 0.1) is 0 Å². The van der Waals surface area contributed by atoms with Crippen molar-refractivity contribution in [1.29, 1.82) is 0 Å². The minimum Gasteiger partial charge on any atom is -0.382 e. The van der Waals surface area contributed by atoms with E-state index in [2.05, 4.69) is 52.0 Å². The van der Waals surface area contributed by atoms with Crippen molar-refractivity contribution in [1.82, 2.24) is 0 Å². The topological polar surface area (TPSA) is 27.7 Å². The van der Waals surface area contributed by atoms with Gasteiger partial charge in [0.25, 0.3) is 0 Å². The average Bonchev–Trinajstić information content (AvgIpc) is 2.38. The third-order valence-corrected chi connectivity index (χ3v) is 3.18. The van der Waals surface area contributed by atoms with Crippen molar-refractivity contribution in [2.45, 2.75) is 39.2 Å². The Morgan fingerprint density at radius 2 is 1.89 bits per heavy atom. The maximum Gasteiger partial charge on any atom is 0.148 e. The fraction of sp³-hybridized carbons (Fsp3) is 0.625. The molecule has 0 saturated carbocycles. The van der Waals surface area contributed by atoms with Crippen LogP contribution in [0.1, 0.15) is 44.7 Å². The van der Waals surface area contributed by atoms with Gasteiger partial charge in [-0.1, -0.05) is 38.1 Å². The Kier molecular flexibility index (Phi) is 6.49. The summed E-state index contributed by atoms with van der Waals surface area (Å²) in [6, 6.07) is 8.54. The predicted molar refractivity (Wildman–Crippen MR) is 77.3 cm³/mol. The van der Waals surface area contributed by atoms with Gasteiger partial charge in [-0.2, -0.15) is 0 Å². The molecule has 0 saturated heterocycles. The lowest BCUT2D eigenvalue weighted by atomic mass is 9.93. The third-order valence-electron chi connectivity index (χ3n) is 3.18. The lowest BCUT2D eigenvalue weighted by Crippen LogP contribution is -2.24. The zero-order chi connectivity index (χ0) is 14.3. The van der Waals surface area contributed by atoms with Crippen LogP contribution in [0.5, 0.6) is 0 Å². The van der Waals surface area contributed by atoms with Crippen LogP contribution in [0.3, 0.4) is 0 Å². The second kappa shape index (κ2) is 7.63. The molecule has 1 aromatic carbocycles. The van der Waals surface area contributed by atoms with Gasteiger partial charge < -0.3 is 14.2 Å². The van der Waals surface area contributed by atoms with Gasteiger partial charge in [-0.3, -0.25) is 0 Å². The number of rotatable bonds is 8. The summed E-state index contributed by atoms with van der Waals surface area (Å²) in [6.45, 7) is 9.94. The summed E-state index contributed by atoms with van der Waals surface area (Å²) in [7, 11) is 1.66. The van der Waals surface area contributed by atoms with E-state index in [0.29, 0.717) is 19.1 Å². The van der Waals surface area contributed by atoms with Crippen LogP contribution in [0.2, 0.25) is 0 Å². The highest BCUT2D eigenvalue weighted by atomic mass is 16.7. The molecule has 19 heavy (non-hydrogen) atoms. The van der Waals surface area contributed by atoms with Crippen LogP contribution in [0.25, 0.3) is 0 Å². The molecule has 0 radical (unpaired) electrons. The van der Waals surface area contributed by atoms with Gasteiger partial charge in [-0.25, -0.2) is 0 Å². The quantitative estimate of drug-likeness (QED) is 0.530. The summed E-state index contributed by atoms with van der Waals surface area (Å²) >= 11 is 0. The SMILES string of the molecule is COCCOCOC(C)(C)c1cccc(C(C)C)c1. The van der Waals surface area contributed by atoms with Gasteiger partial charge in [0, 0.05) is 7.11 Å². The van der Waals surface area contributed by atoms with E-state index in [9.17, 15) is 0 Å². The van der Waals surface area contributed by atoms with E-state index in [1.165, 1.54) is 11.1 Å². The maximum atomic E-state index is 5.82. The molecule has 0 bridgehead atoms. The molecule has 1 rings (SSSR count). The summed E-state index contributed by atoms with van der Waals surface area (Å²) in [5.41, 5.74) is 2.15. The highest BCUT2D eigenvalue weighted by molar-refractivity contribution is 5.29. The van der Waals surface area contributed by atoms with E-state index >= 15 is 0 Å². The van der Waals surface area contributed by atoms with Gasteiger partial charge in [-0.15, -0.1) is 0 Å². The highest BCUT2D eigenvalue weighted by Crippen LogP contribution is 2.27. The van der Waals surface area contributed by atoms with E-state index in [1.54, 1.807) is 7.11 Å². The zero-order valence-corrected chi connectivity index (χ0v) is 12.7. The lowest BCUT2D eigenvalue weighted by Gasteiger charge is -2.26. The standard InChI is InChI=1S/C16H26O3/c1-13(2)14-7-6-8-15(11-14)16(3,4)19-12-18-10-9-17-5/h6-8,11,13H,9-10,12H2,1-5H3. The fourth-order valence-corrected chi connectivity index (χ4v) is 1.75. The van der Waals surface area contributed by atoms with Crippen molar-refractivity contribution in [3.05, 3.63) is 35.4 Å². The highest BCUT2D eigenvalue weighted by Gasteiger charge is 2.21. The number of hydrogen-bond donors (Lipinski definition) is 0. The molecule has 0 amide bonds. The lowest BCUT2D eigenvalue weighted by molar-refractivity contribution is -0.136. The normalized spacial score (nSPS) is 12.1. The Bertz CT molecular complexity index is 372. The molecule has 108 valence electrons. The van der Waals surface area contributed by atoms with E-state index in [0.717, 1.165) is 0 Å². The van der Waals surface area contributed by atoms with Gasteiger partial charge in [0.15, 0.2) is 0 Å². The molecule has 0 aliphatic heterocycles. The van der Waals surface area contributed by atoms with Crippen molar-refractivity contribution in [3.63, 3.8) is 0 Å². The predicted octanol–water partition coefficient (Wildman–Crippen LogP) is 3.68. The molecule has 1 aromatic rings. The minimum absolute atomic E-state index is 0.280. The fourth-order valence-electron chi connectivity index (χ4n) is 1.75. The molecule has 0 spiro atoms. The maximum absolute atomic E-state index is 5.82. The Hall–Kier alpha value is -0.900. The number of methoxy groups -OCH3 is 1. The van der Waals surface area contributed by atoms with Crippen LogP contribution in [0.4, 0.5) is 0 Å². The second-order valence-corrected chi connectivity index (χ2v) is 5.45. The Balaban J connectivity index is 2.58. The molecule has 0 fully saturated rings. The molecule has 0 aromatic heterocycles. The van der Waals surface area contributed by atoms with Crippen molar-refractivity contribution < 1.29 is 14.2 Å². The molecule has 3 nitrogen and oxygen atoms in total. The van der Waals surface area contributed by atoms with Crippen LogP contribution in [-0.4, -0.2) is 27.1 Å². The Labute approximate surface area is 116 Å². The summed E-state index contributed by atoms with van der Waals surface area (Å²) in [6.07, 6.45) is 0. The number of benzene rings is 1. The molecule has 0 aliphatic rings. The van der Waals surface area contributed by atoms with Crippen LogP contribution < -0.4 is 0 Å². The van der Waals surface area contributed by atoms with Crippen LogP contribution >= 0.6 is 0 Å². The molecule has 0 heterocycles. The third kappa shape index (κ3) is 5.31. The Morgan fingerprint density at radius 3 is 2.53 bits per heavy atom. The summed E-state index contributed by atoms with van der Waals surface area (Å²) in [5.74, 6) is 0.522. The van der Waals surface area contributed by atoms with Crippen molar-refractivity contribution in [2.75, 3.05) is 27.1 Å². The first kappa shape index (κ1) is 16.2. The van der Waals surface area contributed by atoms with Crippen molar-refractivity contribution in [3.8, 4) is 0 Å². The first-order valence-electron chi connectivity index (χ1n) is 6.78. The molecule has 0 atom stereocenters. The van der Waals surface area contributed by atoms with E-state index in [4.69, 9.17) is 14.2 Å². The van der Waals surface area contributed by atoms with Gasteiger partial charge in [0.2, 0.25) is 0 Å². The molecule has 0 aliphatic carbocycles. The largest absolute Gasteiger partial charge is 0.382 e.